The normalized spacial score (nSPS) is 16.4. The monoisotopic (exact) mass is 406 g/mol. The van der Waals surface area contributed by atoms with Crippen LogP contribution in [0.25, 0.3) is 0 Å². The summed E-state index contributed by atoms with van der Waals surface area (Å²) in [6.45, 7) is 9.13. The predicted octanol–water partition coefficient (Wildman–Crippen LogP) is 6.38. The molecule has 0 spiro atoms. The highest BCUT2D eigenvalue weighted by Crippen LogP contribution is 2.28. The first-order valence-corrected chi connectivity index (χ1v) is 11.1. The number of aryl methyl sites for hydroxylation is 1. The molecule has 4 nitrogen and oxygen atoms in total. The summed E-state index contributed by atoms with van der Waals surface area (Å²) in [4.78, 5) is 12.4. The number of benzene rings is 2. The highest BCUT2D eigenvalue weighted by atomic mass is 16.5. The van der Waals surface area contributed by atoms with E-state index in [1.165, 1.54) is 30.4 Å². The summed E-state index contributed by atoms with van der Waals surface area (Å²) in [6.07, 6.45) is 5.58. The van der Waals surface area contributed by atoms with Gasteiger partial charge in [0.15, 0.2) is 0 Å². The minimum atomic E-state index is -0.159. The van der Waals surface area contributed by atoms with Crippen LogP contribution in [0.15, 0.2) is 47.6 Å². The molecule has 30 heavy (non-hydrogen) atoms. The standard InChI is InChI=1S/C26H34N2O2/c1-5-20-9-13-23(14-10-20)27-28-26(29)22-11-7-21(8-12-22)17-30-25-16-19(4)6-15-24(25)18(2)3/h6-8,11-12,15-16,18,20H,5,9-10,13-14,17H2,1-4H3,(H,28,29). The van der Waals surface area contributed by atoms with E-state index in [1.807, 2.05) is 24.3 Å². The Kier molecular flexibility index (Phi) is 7.67. The van der Waals surface area contributed by atoms with Gasteiger partial charge in [-0.3, -0.25) is 4.79 Å². The molecule has 1 N–H and O–H groups in total. The van der Waals surface area contributed by atoms with E-state index >= 15 is 0 Å². The summed E-state index contributed by atoms with van der Waals surface area (Å²) in [7, 11) is 0. The molecule has 160 valence electrons. The lowest BCUT2D eigenvalue weighted by molar-refractivity contribution is 0.0954. The van der Waals surface area contributed by atoms with Crippen LogP contribution >= 0.6 is 0 Å². The molecule has 1 fully saturated rings. The van der Waals surface area contributed by atoms with Gasteiger partial charge < -0.3 is 4.74 Å². The first kappa shape index (κ1) is 22.1. The largest absolute Gasteiger partial charge is 0.489 e. The Bertz CT molecular complexity index is 874. The van der Waals surface area contributed by atoms with Crippen molar-refractivity contribution in [1.29, 1.82) is 0 Å². The average molecular weight is 407 g/mol. The van der Waals surface area contributed by atoms with Gasteiger partial charge in [0.2, 0.25) is 0 Å². The van der Waals surface area contributed by atoms with E-state index in [4.69, 9.17) is 4.74 Å². The fourth-order valence-corrected chi connectivity index (χ4v) is 3.88. The third-order valence-corrected chi connectivity index (χ3v) is 5.98. The summed E-state index contributed by atoms with van der Waals surface area (Å²) < 4.78 is 6.09. The fourth-order valence-electron chi connectivity index (χ4n) is 3.88. The lowest BCUT2D eigenvalue weighted by Crippen LogP contribution is -2.22. The first-order valence-electron chi connectivity index (χ1n) is 11.1. The van der Waals surface area contributed by atoms with Gasteiger partial charge in [0, 0.05) is 11.3 Å². The molecule has 1 aliphatic rings. The van der Waals surface area contributed by atoms with Crippen LogP contribution in [-0.4, -0.2) is 11.6 Å². The molecular weight excluding hydrogens is 372 g/mol. The zero-order chi connectivity index (χ0) is 21.5. The average Bonchev–Trinajstić information content (AvgIpc) is 2.76. The number of rotatable bonds is 7. The molecule has 0 aliphatic heterocycles. The number of ether oxygens (including phenoxy) is 1. The van der Waals surface area contributed by atoms with Crippen molar-refractivity contribution in [2.45, 2.75) is 72.3 Å². The van der Waals surface area contributed by atoms with Gasteiger partial charge in [0.25, 0.3) is 5.91 Å². The highest BCUT2D eigenvalue weighted by Gasteiger charge is 2.16. The molecule has 0 unspecified atom stereocenters. The molecule has 3 rings (SSSR count). The van der Waals surface area contributed by atoms with E-state index < -0.39 is 0 Å². The second kappa shape index (κ2) is 10.4. The smallest absolute Gasteiger partial charge is 0.271 e. The van der Waals surface area contributed by atoms with E-state index in [0.717, 1.165) is 35.8 Å². The molecule has 1 aliphatic carbocycles. The number of hydrazone groups is 1. The molecule has 0 radical (unpaired) electrons. The van der Waals surface area contributed by atoms with E-state index in [2.05, 4.69) is 56.4 Å². The molecule has 0 heterocycles. The number of carbonyl (C=O) groups is 1. The van der Waals surface area contributed by atoms with Crippen LogP contribution in [0.2, 0.25) is 0 Å². The van der Waals surface area contributed by atoms with Crippen LogP contribution in [0.5, 0.6) is 5.75 Å². The summed E-state index contributed by atoms with van der Waals surface area (Å²) >= 11 is 0. The Morgan fingerprint density at radius 1 is 1.13 bits per heavy atom. The molecule has 0 saturated heterocycles. The van der Waals surface area contributed by atoms with Crippen LogP contribution in [0.3, 0.4) is 0 Å². The second-order valence-corrected chi connectivity index (χ2v) is 8.65. The molecule has 4 heteroatoms. The molecule has 2 aromatic rings. The number of hydrogen-bond donors (Lipinski definition) is 1. The van der Waals surface area contributed by atoms with Gasteiger partial charge in [-0.1, -0.05) is 51.5 Å². The highest BCUT2D eigenvalue weighted by molar-refractivity contribution is 5.95. The Morgan fingerprint density at radius 2 is 1.83 bits per heavy atom. The van der Waals surface area contributed by atoms with Crippen LogP contribution in [0.4, 0.5) is 0 Å². The van der Waals surface area contributed by atoms with Crippen LogP contribution < -0.4 is 10.2 Å². The predicted molar refractivity (Wildman–Crippen MR) is 123 cm³/mol. The summed E-state index contributed by atoms with van der Waals surface area (Å²) in [6, 6.07) is 13.9. The minimum absolute atomic E-state index is 0.159. The molecule has 0 aromatic heterocycles. The maximum Gasteiger partial charge on any atom is 0.271 e. The first-order chi connectivity index (χ1) is 14.5. The third-order valence-electron chi connectivity index (χ3n) is 5.98. The maximum atomic E-state index is 12.4. The van der Waals surface area contributed by atoms with Gasteiger partial charge in [-0.25, -0.2) is 5.43 Å². The van der Waals surface area contributed by atoms with Gasteiger partial charge in [-0.05, 0) is 79.3 Å². The number of hydrogen-bond acceptors (Lipinski definition) is 3. The minimum Gasteiger partial charge on any atom is -0.489 e. The Morgan fingerprint density at radius 3 is 2.47 bits per heavy atom. The van der Waals surface area contributed by atoms with Crippen molar-refractivity contribution in [3.8, 4) is 5.75 Å². The van der Waals surface area contributed by atoms with Crippen molar-refractivity contribution in [1.82, 2.24) is 5.43 Å². The Hall–Kier alpha value is -2.62. The van der Waals surface area contributed by atoms with E-state index in [-0.39, 0.29) is 5.91 Å². The van der Waals surface area contributed by atoms with E-state index in [1.54, 1.807) is 0 Å². The second-order valence-electron chi connectivity index (χ2n) is 8.65. The number of nitrogens with one attached hydrogen (secondary N) is 1. The lowest BCUT2D eigenvalue weighted by Gasteiger charge is -2.21. The molecule has 1 amide bonds. The van der Waals surface area contributed by atoms with Crippen LogP contribution in [-0.2, 0) is 6.61 Å². The van der Waals surface area contributed by atoms with Crippen molar-refractivity contribution in [3.63, 3.8) is 0 Å². The van der Waals surface area contributed by atoms with Crippen LogP contribution in [0.1, 0.15) is 85.8 Å². The van der Waals surface area contributed by atoms with E-state index in [0.29, 0.717) is 18.1 Å². The summed E-state index contributed by atoms with van der Waals surface area (Å²) in [5.41, 5.74) is 7.88. The molecule has 0 bridgehead atoms. The molecular formula is C26H34N2O2. The van der Waals surface area contributed by atoms with Gasteiger partial charge in [0.1, 0.15) is 12.4 Å². The van der Waals surface area contributed by atoms with Gasteiger partial charge in [-0.2, -0.15) is 5.10 Å². The van der Waals surface area contributed by atoms with Crippen molar-refractivity contribution >= 4 is 11.6 Å². The quantitative estimate of drug-likeness (QED) is 0.542. The molecule has 1 saturated carbocycles. The Balaban J connectivity index is 1.55. The summed E-state index contributed by atoms with van der Waals surface area (Å²) in [5, 5.41) is 4.35. The topological polar surface area (TPSA) is 50.7 Å². The molecule has 0 atom stereocenters. The van der Waals surface area contributed by atoms with Crippen molar-refractivity contribution in [3.05, 3.63) is 64.7 Å². The fraction of sp³-hybridized carbons (Fsp3) is 0.462. The van der Waals surface area contributed by atoms with Gasteiger partial charge >= 0.3 is 0 Å². The van der Waals surface area contributed by atoms with Crippen molar-refractivity contribution < 1.29 is 9.53 Å². The lowest BCUT2D eigenvalue weighted by atomic mass is 9.86. The van der Waals surface area contributed by atoms with E-state index in [9.17, 15) is 4.79 Å². The zero-order valence-electron chi connectivity index (χ0n) is 18.7. The van der Waals surface area contributed by atoms with Crippen molar-refractivity contribution in [2.24, 2.45) is 11.0 Å². The Labute approximate surface area is 180 Å². The number of amides is 1. The van der Waals surface area contributed by atoms with Crippen molar-refractivity contribution in [2.75, 3.05) is 0 Å². The zero-order valence-corrected chi connectivity index (χ0v) is 18.7. The molecule has 2 aromatic carbocycles. The number of carbonyl (C=O) groups excluding carboxylic acids is 1. The maximum absolute atomic E-state index is 12.4. The SMILES string of the molecule is CCC1CCC(=NNC(=O)c2ccc(COc3cc(C)ccc3C(C)C)cc2)CC1. The van der Waals surface area contributed by atoms with Gasteiger partial charge in [-0.15, -0.1) is 0 Å². The number of nitrogens with zero attached hydrogens (tertiary/aromatic N) is 1. The summed E-state index contributed by atoms with van der Waals surface area (Å²) in [5.74, 6) is 1.99. The third kappa shape index (κ3) is 5.94. The van der Waals surface area contributed by atoms with Gasteiger partial charge in [0.05, 0.1) is 0 Å². The van der Waals surface area contributed by atoms with Crippen LogP contribution in [0, 0.1) is 12.8 Å².